The van der Waals surface area contributed by atoms with Crippen LogP contribution in [0.4, 0.5) is 0 Å². The molecule has 1 aromatic carbocycles. The molecule has 0 N–H and O–H groups in total. The second-order valence-corrected chi connectivity index (χ2v) is 5.40. The first-order chi connectivity index (χ1) is 9.13. The van der Waals surface area contributed by atoms with Gasteiger partial charge in [-0.3, -0.25) is 4.79 Å². The average Bonchev–Trinajstić information content (AvgIpc) is 3.28. The van der Waals surface area contributed by atoms with Crippen LogP contribution in [0.2, 0.25) is 0 Å². The molecule has 100 valence electrons. The van der Waals surface area contributed by atoms with Gasteiger partial charge in [0.1, 0.15) is 5.92 Å². The number of amides is 1. The smallest absolute Gasteiger partial charge is 0.240 e. The summed E-state index contributed by atoms with van der Waals surface area (Å²) in [6.07, 6.45) is 2.90. The summed E-state index contributed by atoms with van der Waals surface area (Å²) in [5, 5.41) is 9.25. The van der Waals surface area contributed by atoms with Gasteiger partial charge in [-0.1, -0.05) is 30.3 Å². The number of hydrogen-bond donors (Lipinski definition) is 0. The highest BCUT2D eigenvalue weighted by molar-refractivity contribution is 5.81. The van der Waals surface area contributed by atoms with Crippen LogP contribution in [0.1, 0.15) is 25.3 Å². The van der Waals surface area contributed by atoms with E-state index in [-0.39, 0.29) is 11.9 Å². The fraction of sp³-hybridized carbons (Fsp3) is 0.500. The number of benzene rings is 1. The maximum Gasteiger partial charge on any atom is 0.240 e. The van der Waals surface area contributed by atoms with Crippen LogP contribution < -0.4 is 0 Å². The summed E-state index contributed by atoms with van der Waals surface area (Å²) in [7, 11) is 1.82. The molecular formula is C16H20N2O. The predicted molar refractivity (Wildman–Crippen MR) is 74.2 cm³/mol. The molecule has 1 aromatic rings. The molecule has 1 saturated carbocycles. The van der Waals surface area contributed by atoms with Gasteiger partial charge in [0.15, 0.2) is 0 Å². The van der Waals surface area contributed by atoms with Gasteiger partial charge in [0.2, 0.25) is 5.91 Å². The minimum Gasteiger partial charge on any atom is -0.342 e. The highest BCUT2D eigenvalue weighted by atomic mass is 16.2. The van der Waals surface area contributed by atoms with Crippen molar-refractivity contribution in [2.24, 2.45) is 11.8 Å². The lowest BCUT2D eigenvalue weighted by atomic mass is 9.98. The predicted octanol–water partition coefficient (Wildman–Crippen LogP) is 2.63. The van der Waals surface area contributed by atoms with Crippen molar-refractivity contribution in [3.63, 3.8) is 0 Å². The third kappa shape index (κ3) is 3.35. The highest BCUT2D eigenvalue weighted by Crippen LogP contribution is 2.35. The van der Waals surface area contributed by atoms with Gasteiger partial charge < -0.3 is 4.90 Å². The Kier molecular flexibility index (Phi) is 4.21. The van der Waals surface area contributed by atoms with Crippen LogP contribution in [-0.4, -0.2) is 23.9 Å². The third-order valence-corrected chi connectivity index (χ3v) is 4.00. The van der Waals surface area contributed by atoms with Gasteiger partial charge in [0, 0.05) is 13.1 Å². The van der Waals surface area contributed by atoms with E-state index >= 15 is 0 Å². The molecule has 0 bridgehead atoms. The highest BCUT2D eigenvalue weighted by Gasteiger charge is 2.34. The quantitative estimate of drug-likeness (QED) is 0.813. The van der Waals surface area contributed by atoms with Crippen molar-refractivity contribution in [1.29, 1.82) is 5.26 Å². The molecule has 1 aliphatic carbocycles. The minimum absolute atomic E-state index is 0.0502. The van der Waals surface area contributed by atoms with E-state index in [1.165, 1.54) is 12.8 Å². The summed E-state index contributed by atoms with van der Waals surface area (Å²) in [5.41, 5.74) is 1.04. The van der Waals surface area contributed by atoms with Crippen LogP contribution >= 0.6 is 0 Å². The van der Waals surface area contributed by atoms with Crippen LogP contribution in [-0.2, 0) is 11.2 Å². The normalized spacial score (nSPS) is 17.3. The molecule has 3 heteroatoms. The Morgan fingerprint density at radius 1 is 1.42 bits per heavy atom. The average molecular weight is 256 g/mol. The van der Waals surface area contributed by atoms with Crippen molar-refractivity contribution in [3.05, 3.63) is 35.9 Å². The molecule has 0 saturated heterocycles. The van der Waals surface area contributed by atoms with Crippen molar-refractivity contribution in [2.45, 2.75) is 32.2 Å². The standard InChI is InChI=1S/C16H20N2O/c1-12(14-8-9-14)18(2)16(19)15(11-17)10-13-6-4-3-5-7-13/h3-7,12,14-15H,8-10H2,1-2H3. The monoisotopic (exact) mass is 256 g/mol. The molecule has 0 aliphatic heterocycles. The SMILES string of the molecule is CC(C1CC1)N(C)C(=O)C(C#N)Cc1ccccc1. The fourth-order valence-electron chi connectivity index (χ4n) is 2.38. The maximum absolute atomic E-state index is 12.4. The van der Waals surface area contributed by atoms with E-state index in [0.717, 1.165) is 5.56 Å². The van der Waals surface area contributed by atoms with Crippen molar-refractivity contribution in [3.8, 4) is 6.07 Å². The number of carbonyl (C=O) groups is 1. The Bertz CT molecular complexity index is 473. The van der Waals surface area contributed by atoms with Gasteiger partial charge in [0.05, 0.1) is 6.07 Å². The minimum atomic E-state index is -0.575. The van der Waals surface area contributed by atoms with Crippen LogP contribution in [0.3, 0.4) is 0 Å². The first-order valence-electron chi connectivity index (χ1n) is 6.83. The van der Waals surface area contributed by atoms with E-state index in [1.54, 1.807) is 4.90 Å². The van der Waals surface area contributed by atoms with Crippen molar-refractivity contribution < 1.29 is 4.79 Å². The first kappa shape index (κ1) is 13.6. The number of nitriles is 1. The van der Waals surface area contributed by atoms with Crippen LogP contribution in [0.5, 0.6) is 0 Å². The van der Waals surface area contributed by atoms with E-state index in [1.807, 2.05) is 37.4 Å². The number of nitrogens with zero attached hydrogens (tertiary/aromatic N) is 2. The number of hydrogen-bond acceptors (Lipinski definition) is 2. The maximum atomic E-state index is 12.4. The van der Waals surface area contributed by atoms with Crippen molar-refractivity contribution in [2.75, 3.05) is 7.05 Å². The molecular weight excluding hydrogens is 236 g/mol. The molecule has 1 amide bonds. The van der Waals surface area contributed by atoms with Gasteiger partial charge in [-0.15, -0.1) is 0 Å². The van der Waals surface area contributed by atoms with Gasteiger partial charge in [-0.05, 0) is 37.7 Å². The largest absolute Gasteiger partial charge is 0.342 e. The van der Waals surface area contributed by atoms with E-state index in [0.29, 0.717) is 12.3 Å². The summed E-state index contributed by atoms with van der Waals surface area (Å²) < 4.78 is 0. The molecule has 2 atom stereocenters. The number of rotatable bonds is 5. The van der Waals surface area contributed by atoms with E-state index < -0.39 is 5.92 Å². The van der Waals surface area contributed by atoms with Crippen LogP contribution in [0.15, 0.2) is 30.3 Å². The zero-order chi connectivity index (χ0) is 13.8. The van der Waals surface area contributed by atoms with Crippen LogP contribution in [0, 0.1) is 23.2 Å². The second-order valence-electron chi connectivity index (χ2n) is 5.40. The summed E-state index contributed by atoms with van der Waals surface area (Å²) >= 11 is 0. The molecule has 0 spiro atoms. The molecule has 0 radical (unpaired) electrons. The summed E-state index contributed by atoms with van der Waals surface area (Å²) in [6.45, 7) is 2.08. The summed E-state index contributed by atoms with van der Waals surface area (Å²) in [6, 6.07) is 12.1. The molecule has 1 fully saturated rings. The van der Waals surface area contributed by atoms with E-state index in [4.69, 9.17) is 0 Å². The van der Waals surface area contributed by atoms with Gasteiger partial charge >= 0.3 is 0 Å². The lowest BCUT2D eigenvalue weighted by Crippen LogP contribution is -2.40. The Morgan fingerprint density at radius 3 is 2.58 bits per heavy atom. The van der Waals surface area contributed by atoms with Gasteiger partial charge in [-0.25, -0.2) is 0 Å². The molecule has 3 nitrogen and oxygen atoms in total. The topological polar surface area (TPSA) is 44.1 Å². The van der Waals surface area contributed by atoms with Gasteiger partial charge in [0.25, 0.3) is 0 Å². The van der Waals surface area contributed by atoms with Crippen LogP contribution in [0.25, 0.3) is 0 Å². The molecule has 2 unspecified atom stereocenters. The molecule has 0 aromatic heterocycles. The molecule has 2 rings (SSSR count). The van der Waals surface area contributed by atoms with E-state index in [9.17, 15) is 10.1 Å². The zero-order valence-electron chi connectivity index (χ0n) is 11.5. The lowest BCUT2D eigenvalue weighted by molar-refractivity contribution is -0.134. The Hall–Kier alpha value is -1.82. The second kappa shape index (κ2) is 5.88. The lowest BCUT2D eigenvalue weighted by Gasteiger charge is -2.26. The summed E-state index contributed by atoms with van der Waals surface area (Å²) in [5.74, 6) is 0.00405. The first-order valence-corrected chi connectivity index (χ1v) is 6.83. The Balaban J connectivity index is 2.01. The van der Waals surface area contributed by atoms with E-state index in [2.05, 4.69) is 13.0 Å². The van der Waals surface area contributed by atoms with Crippen molar-refractivity contribution in [1.82, 2.24) is 4.90 Å². The Labute approximate surface area is 114 Å². The summed E-state index contributed by atoms with van der Waals surface area (Å²) in [4.78, 5) is 14.1. The third-order valence-electron chi connectivity index (χ3n) is 4.00. The fourth-order valence-corrected chi connectivity index (χ4v) is 2.38. The Morgan fingerprint density at radius 2 is 2.05 bits per heavy atom. The van der Waals surface area contributed by atoms with Gasteiger partial charge in [-0.2, -0.15) is 5.26 Å². The molecule has 0 heterocycles. The molecule has 1 aliphatic rings. The van der Waals surface area contributed by atoms with Crippen molar-refractivity contribution >= 4 is 5.91 Å². The zero-order valence-corrected chi connectivity index (χ0v) is 11.5. The number of carbonyl (C=O) groups excluding carboxylic acids is 1. The molecule has 19 heavy (non-hydrogen) atoms.